The number of hydrazone groups is 1. The smallest absolute Gasteiger partial charge is 0.343 e. The maximum Gasteiger partial charge on any atom is 0.343 e. The van der Waals surface area contributed by atoms with Gasteiger partial charge in [-0.05, 0) is 35.4 Å². The summed E-state index contributed by atoms with van der Waals surface area (Å²) in [5.41, 5.74) is 4.69. The van der Waals surface area contributed by atoms with Crippen LogP contribution in [0.1, 0.15) is 21.5 Å². The zero-order valence-electron chi connectivity index (χ0n) is 16.1. The number of carbonyl (C=O) groups excluding carboxylic acids is 1. The number of non-ortho nitro benzene ring substituents is 1. The van der Waals surface area contributed by atoms with E-state index in [-0.39, 0.29) is 17.0 Å². The summed E-state index contributed by atoms with van der Waals surface area (Å²) >= 11 is 0. The van der Waals surface area contributed by atoms with Crippen molar-refractivity contribution >= 4 is 17.9 Å². The molecule has 0 spiro atoms. The van der Waals surface area contributed by atoms with E-state index < -0.39 is 10.9 Å². The van der Waals surface area contributed by atoms with Gasteiger partial charge in [0.1, 0.15) is 0 Å². The van der Waals surface area contributed by atoms with E-state index in [0.717, 1.165) is 17.2 Å². The Morgan fingerprint density at radius 1 is 1.07 bits per heavy atom. The maximum absolute atomic E-state index is 12.4. The summed E-state index contributed by atoms with van der Waals surface area (Å²) in [7, 11) is 1.45. The molecule has 0 aromatic heterocycles. The summed E-state index contributed by atoms with van der Waals surface area (Å²) in [6, 6.07) is 20.2. The van der Waals surface area contributed by atoms with Crippen LogP contribution in [0, 0.1) is 10.1 Å². The van der Waals surface area contributed by atoms with Gasteiger partial charge in [-0.1, -0.05) is 36.4 Å². The van der Waals surface area contributed by atoms with Gasteiger partial charge in [0.25, 0.3) is 5.69 Å². The van der Waals surface area contributed by atoms with Crippen LogP contribution in [-0.4, -0.2) is 24.2 Å². The molecule has 0 aliphatic rings. The molecule has 0 aliphatic carbocycles. The predicted molar refractivity (Wildman–Crippen MR) is 112 cm³/mol. The molecule has 0 bridgehead atoms. The molecule has 3 rings (SSSR count). The van der Waals surface area contributed by atoms with Crippen molar-refractivity contribution in [2.24, 2.45) is 5.10 Å². The van der Waals surface area contributed by atoms with Gasteiger partial charge in [-0.15, -0.1) is 0 Å². The van der Waals surface area contributed by atoms with E-state index >= 15 is 0 Å². The normalized spacial score (nSPS) is 10.6. The van der Waals surface area contributed by atoms with Crippen molar-refractivity contribution in [1.82, 2.24) is 5.43 Å². The van der Waals surface area contributed by atoms with Gasteiger partial charge in [0, 0.05) is 12.1 Å². The monoisotopic (exact) mass is 405 g/mol. The van der Waals surface area contributed by atoms with Gasteiger partial charge in [-0.25, -0.2) is 4.79 Å². The molecular formula is C22H19N3O5. The summed E-state index contributed by atoms with van der Waals surface area (Å²) in [6.07, 6.45) is 1.62. The van der Waals surface area contributed by atoms with Gasteiger partial charge in [0.05, 0.1) is 30.4 Å². The van der Waals surface area contributed by atoms with Crippen LogP contribution in [-0.2, 0) is 6.54 Å². The standard InChI is InChI=1S/C22H19N3O5/c1-29-21-12-17(15-24-23-14-16-6-3-2-4-7-16)10-11-20(21)30-22(26)18-8-5-9-19(13-18)25(27)28/h2-13,15,23H,14H2,1H3. The molecule has 0 fully saturated rings. The number of methoxy groups -OCH3 is 1. The van der Waals surface area contributed by atoms with E-state index in [4.69, 9.17) is 9.47 Å². The zero-order valence-corrected chi connectivity index (χ0v) is 16.1. The molecule has 0 unspecified atom stereocenters. The third-order valence-electron chi connectivity index (χ3n) is 4.11. The first-order chi connectivity index (χ1) is 14.6. The molecule has 8 nitrogen and oxygen atoms in total. The molecule has 30 heavy (non-hydrogen) atoms. The highest BCUT2D eigenvalue weighted by atomic mass is 16.6. The highest BCUT2D eigenvalue weighted by molar-refractivity contribution is 5.92. The number of nitrogens with one attached hydrogen (secondary N) is 1. The van der Waals surface area contributed by atoms with E-state index in [0.29, 0.717) is 12.3 Å². The molecule has 0 atom stereocenters. The minimum Gasteiger partial charge on any atom is -0.493 e. The lowest BCUT2D eigenvalue weighted by atomic mass is 10.2. The molecule has 3 aromatic rings. The zero-order chi connectivity index (χ0) is 21.3. The average molecular weight is 405 g/mol. The summed E-state index contributed by atoms with van der Waals surface area (Å²) in [6.45, 7) is 0.591. The first-order valence-corrected chi connectivity index (χ1v) is 9.01. The molecule has 152 valence electrons. The van der Waals surface area contributed by atoms with Crippen molar-refractivity contribution in [2.75, 3.05) is 7.11 Å². The van der Waals surface area contributed by atoms with Gasteiger partial charge < -0.3 is 14.9 Å². The lowest BCUT2D eigenvalue weighted by molar-refractivity contribution is -0.384. The van der Waals surface area contributed by atoms with Gasteiger partial charge in [-0.2, -0.15) is 5.10 Å². The van der Waals surface area contributed by atoms with Crippen LogP contribution >= 0.6 is 0 Å². The molecule has 0 heterocycles. The van der Waals surface area contributed by atoms with Crippen molar-refractivity contribution in [2.45, 2.75) is 6.54 Å². The van der Waals surface area contributed by atoms with E-state index in [1.165, 1.54) is 25.3 Å². The Labute approximate surface area is 172 Å². The molecule has 0 saturated heterocycles. The Morgan fingerprint density at radius 2 is 1.87 bits per heavy atom. The van der Waals surface area contributed by atoms with Gasteiger partial charge in [-0.3, -0.25) is 10.1 Å². The quantitative estimate of drug-likeness (QED) is 0.200. The van der Waals surface area contributed by atoms with Crippen LogP contribution in [0.5, 0.6) is 11.5 Å². The number of hydrogen-bond acceptors (Lipinski definition) is 7. The Bertz CT molecular complexity index is 1070. The molecular weight excluding hydrogens is 386 g/mol. The van der Waals surface area contributed by atoms with Crippen LogP contribution in [0.4, 0.5) is 5.69 Å². The fourth-order valence-corrected chi connectivity index (χ4v) is 2.61. The van der Waals surface area contributed by atoms with Crippen molar-refractivity contribution in [3.05, 3.63) is 99.6 Å². The van der Waals surface area contributed by atoms with Gasteiger partial charge in [0.2, 0.25) is 0 Å². The van der Waals surface area contributed by atoms with Gasteiger partial charge >= 0.3 is 5.97 Å². The minimum absolute atomic E-state index is 0.0713. The Hall–Kier alpha value is -4.20. The van der Waals surface area contributed by atoms with Crippen LogP contribution in [0.2, 0.25) is 0 Å². The van der Waals surface area contributed by atoms with Crippen LogP contribution in [0.3, 0.4) is 0 Å². The van der Waals surface area contributed by atoms with Gasteiger partial charge in [0.15, 0.2) is 11.5 Å². The van der Waals surface area contributed by atoms with Crippen molar-refractivity contribution < 1.29 is 19.2 Å². The number of benzene rings is 3. The molecule has 0 amide bonds. The summed E-state index contributed by atoms with van der Waals surface area (Å²) < 4.78 is 10.6. The fourth-order valence-electron chi connectivity index (χ4n) is 2.61. The third kappa shape index (κ3) is 5.41. The summed E-state index contributed by atoms with van der Waals surface area (Å²) in [4.78, 5) is 22.7. The van der Waals surface area contributed by atoms with Crippen LogP contribution in [0.25, 0.3) is 0 Å². The maximum atomic E-state index is 12.4. The third-order valence-corrected chi connectivity index (χ3v) is 4.11. The lowest BCUT2D eigenvalue weighted by Gasteiger charge is -2.10. The predicted octanol–water partition coefficient (Wildman–Crippen LogP) is 3.95. The molecule has 3 aromatic carbocycles. The molecule has 1 N–H and O–H groups in total. The topological polar surface area (TPSA) is 103 Å². The number of ether oxygens (including phenoxy) is 2. The van der Waals surface area contributed by atoms with E-state index in [1.54, 1.807) is 24.4 Å². The fraction of sp³-hybridized carbons (Fsp3) is 0.0909. The Morgan fingerprint density at radius 3 is 2.60 bits per heavy atom. The Kier molecular flexibility index (Phi) is 6.73. The first kappa shape index (κ1) is 20.5. The Balaban J connectivity index is 1.66. The number of nitro groups is 1. The number of carbonyl (C=O) groups is 1. The number of esters is 1. The van der Waals surface area contributed by atoms with E-state index in [1.807, 2.05) is 30.3 Å². The number of nitrogens with zero attached hydrogens (tertiary/aromatic N) is 2. The number of hydrogen-bond donors (Lipinski definition) is 1. The number of rotatable bonds is 8. The molecule has 0 aliphatic heterocycles. The second-order valence-electron chi connectivity index (χ2n) is 6.19. The molecule has 0 radical (unpaired) electrons. The minimum atomic E-state index is -0.719. The van der Waals surface area contributed by atoms with E-state index in [9.17, 15) is 14.9 Å². The molecule has 0 saturated carbocycles. The molecule has 8 heteroatoms. The van der Waals surface area contributed by atoms with Crippen LogP contribution in [0.15, 0.2) is 77.9 Å². The first-order valence-electron chi connectivity index (χ1n) is 9.01. The number of nitro benzene ring substituents is 1. The second kappa shape index (κ2) is 9.83. The van der Waals surface area contributed by atoms with Crippen molar-refractivity contribution in [3.63, 3.8) is 0 Å². The van der Waals surface area contributed by atoms with E-state index in [2.05, 4.69) is 10.5 Å². The van der Waals surface area contributed by atoms with Crippen molar-refractivity contribution in [1.29, 1.82) is 0 Å². The summed E-state index contributed by atoms with van der Waals surface area (Å²) in [5, 5.41) is 15.1. The van der Waals surface area contributed by atoms with Crippen LogP contribution < -0.4 is 14.9 Å². The second-order valence-corrected chi connectivity index (χ2v) is 6.19. The lowest BCUT2D eigenvalue weighted by Crippen LogP contribution is -2.10. The SMILES string of the molecule is COc1cc(C=NNCc2ccccc2)ccc1OC(=O)c1cccc([N+](=O)[O-])c1. The van der Waals surface area contributed by atoms with Crippen molar-refractivity contribution in [3.8, 4) is 11.5 Å². The summed E-state index contributed by atoms with van der Waals surface area (Å²) in [5.74, 6) is -0.188. The highest BCUT2D eigenvalue weighted by Crippen LogP contribution is 2.28. The average Bonchev–Trinajstić information content (AvgIpc) is 2.78. The largest absolute Gasteiger partial charge is 0.493 e. The highest BCUT2D eigenvalue weighted by Gasteiger charge is 2.15.